The van der Waals surface area contributed by atoms with Crippen LogP contribution in [0.25, 0.3) is 0 Å². The van der Waals surface area contributed by atoms with Gasteiger partial charge in [-0.15, -0.1) is 0 Å². The highest BCUT2D eigenvalue weighted by atomic mass is 16.7. The topological polar surface area (TPSA) is 228 Å². The third-order valence-electron chi connectivity index (χ3n) is 19.1. The van der Waals surface area contributed by atoms with Crippen molar-refractivity contribution in [3.63, 3.8) is 0 Å². The molecule has 2 rings (SSSR count). The summed E-state index contributed by atoms with van der Waals surface area (Å²) < 4.78 is 22.9. The van der Waals surface area contributed by atoms with E-state index in [1.165, 1.54) is 295 Å². The van der Waals surface area contributed by atoms with Crippen LogP contribution in [0.2, 0.25) is 0 Å². The van der Waals surface area contributed by atoms with Gasteiger partial charge in [-0.3, -0.25) is 4.79 Å². The van der Waals surface area contributed by atoms with Gasteiger partial charge in [0, 0.05) is 6.42 Å². The first-order valence-corrected chi connectivity index (χ1v) is 38.6. The van der Waals surface area contributed by atoms with E-state index in [-0.39, 0.29) is 18.9 Å². The summed E-state index contributed by atoms with van der Waals surface area (Å²) in [5.41, 5.74) is 0. The Kier molecular flexibility index (Phi) is 57.4. The predicted octanol–water partition coefficient (Wildman–Crippen LogP) is 16.7. The van der Waals surface area contributed by atoms with Crippen LogP contribution in [0.5, 0.6) is 0 Å². The molecule has 0 aromatic rings. The van der Waals surface area contributed by atoms with E-state index >= 15 is 0 Å². The Balaban J connectivity index is 1.62. The summed E-state index contributed by atoms with van der Waals surface area (Å²) in [6, 6.07) is -0.913. The standard InChI is InChI=1S/C76H145NO13/c1-3-5-7-9-11-13-15-17-19-21-23-25-27-28-29-30-31-32-33-34-35-36-38-40-42-44-46-48-50-52-54-56-58-60-68(81)77-64(63-87-75-73(86)71(84)74(67(62-79)89-75)90-76-72(85)70(83)69(82)66(61-78)88-76)65(80)59-57-55-53-51-49-47-45-43-41-39-37-26-24-22-20-18-16-14-12-10-8-6-4-2/h21,23,57,59,64-67,69-76,78-80,82-86H,3-20,22,24-56,58,60-63H2,1-2H3,(H,77,81)/b23-21-,59-57+. The third-order valence-corrected chi connectivity index (χ3v) is 19.1. The number of rotatable bonds is 65. The fourth-order valence-electron chi connectivity index (χ4n) is 13.0. The summed E-state index contributed by atoms with van der Waals surface area (Å²) in [4.78, 5) is 13.4. The molecule has 2 fully saturated rings. The molecule has 2 aliphatic rings. The summed E-state index contributed by atoms with van der Waals surface area (Å²) in [5.74, 6) is -0.231. The Morgan fingerprint density at radius 2 is 0.700 bits per heavy atom. The van der Waals surface area contributed by atoms with Crippen molar-refractivity contribution < 1.29 is 64.6 Å². The fraction of sp³-hybridized carbons (Fsp3) is 0.934. The lowest BCUT2D eigenvalue weighted by Gasteiger charge is -2.46. The Hall–Kier alpha value is -1.53. The highest BCUT2D eigenvalue weighted by Crippen LogP contribution is 2.30. The fourth-order valence-corrected chi connectivity index (χ4v) is 13.0. The van der Waals surface area contributed by atoms with Gasteiger partial charge < -0.3 is 65.1 Å². The predicted molar refractivity (Wildman–Crippen MR) is 369 cm³/mol. The summed E-state index contributed by atoms with van der Waals surface area (Å²) in [5, 5.41) is 87.6. The molecule has 9 N–H and O–H groups in total. The molecule has 12 unspecified atom stereocenters. The number of hydrogen-bond acceptors (Lipinski definition) is 13. The molecule has 0 aromatic carbocycles. The number of aliphatic hydroxyl groups excluding tert-OH is 8. The number of carbonyl (C=O) groups excluding carboxylic acids is 1. The monoisotopic (exact) mass is 1280 g/mol. The summed E-state index contributed by atoms with van der Waals surface area (Å²) in [7, 11) is 0. The molecule has 2 aliphatic heterocycles. The van der Waals surface area contributed by atoms with Crippen LogP contribution < -0.4 is 5.32 Å². The molecule has 0 saturated carbocycles. The molecule has 2 heterocycles. The quantitative estimate of drug-likeness (QED) is 0.0204. The minimum atomic E-state index is -1.79. The number of nitrogens with one attached hydrogen (secondary N) is 1. The van der Waals surface area contributed by atoms with Crippen molar-refractivity contribution >= 4 is 5.91 Å². The highest BCUT2D eigenvalue weighted by Gasteiger charge is 2.51. The Morgan fingerprint density at radius 3 is 1.06 bits per heavy atom. The number of carbonyl (C=O) groups is 1. The zero-order chi connectivity index (χ0) is 65.2. The summed E-state index contributed by atoms with van der Waals surface area (Å²) in [6.45, 7) is 2.86. The van der Waals surface area contributed by atoms with Crippen LogP contribution in [0.15, 0.2) is 24.3 Å². The molecule has 1 amide bonds. The average Bonchev–Trinajstić information content (AvgIpc) is 1.41. The van der Waals surface area contributed by atoms with Gasteiger partial charge in [-0.25, -0.2) is 0 Å². The van der Waals surface area contributed by atoms with E-state index in [4.69, 9.17) is 18.9 Å². The first kappa shape index (κ1) is 84.6. The van der Waals surface area contributed by atoms with Crippen LogP contribution in [-0.2, 0) is 23.7 Å². The third kappa shape index (κ3) is 44.3. The Morgan fingerprint density at radius 1 is 0.389 bits per heavy atom. The van der Waals surface area contributed by atoms with E-state index in [2.05, 4.69) is 31.3 Å². The number of aliphatic hydroxyl groups is 8. The molecule has 14 nitrogen and oxygen atoms in total. The van der Waals surface area contributed by atoms with Crippen LogP contribution >= 0.6 is 0 Å². The van der Waals surface area contributed by atoms with Gasteiger partial charge in [-0.1, -0.05) is 334 Å². The highest BCUT2D eigenvalue weighted by molar-refractivity contribution is 5.76. The molecule has 532 valence electrons. The van der Waals surface area contributed by atoms with E-state index in [0.29, 0.717) is 6.42 Å². The van der Waals surface area contributed by atoms with Crippen LogP contribution in [0.4, 0.5) is 0 Å². The normalized spacial score (nSPS) is 23.0. The largest absolute Gasteiger partial charge is 0.394 e. The van der Waals surface area contributed by atoms with Crippen molar-refractivity contribution in [2.24, 2.45) is 0 Å². The molecule has 2 saturated heterocycles. The molecular formula is C76H145NO13. The molecule has 0 aliphatic carbocycles. The maximum absolute atomic E-state index is 13.4. The van der Waals surface area contributed by atoms with Crippen LogP contribution in [0.3, 0.4) is 0 Å². The van der Waals surface area contributed by atoms with Gasteiger partial charge in [-0.2, -0.15) is 0 Å². The van der Waals surface area contributed by atoms with Crippen molar-refractivity contribution in [1.29, 1.82) is 0 Å². The van der Waals surface area contributed by atoms with Gasteiger partial charge in [-0.05, 0) is 44.9 Å². The number of ether oxygens (including phenoxy) is 4. The maximum atomic E-state index is 13.4. The van der Waals surface area contributed by atoms with Crippen molar-refractivity contribution in [1.82, 2.24) is 5.32 Å². The van der Waals surface area contributed by atoms with E-state index < -0.39 is 86.8 Å². The van der Waals surface area contributed by atoms with Gasteiger partial charge in [0.2, 0.25) is 5.91 Å². The molecule has 14 heteroatoms. The zero-order valence-electron chi connectivity index (χ0n) is 58.2. The summed E-state index contributed by atoms with van der Waals surface area (Å²) in [6.07, 6.45) is 61.1. The van der Waals surface area contributed by atoms with Crippen LogP contribution in [-0.4, -0.2) is 140 Å². The van der Waals surface area contributed by atoms with Crippen LogP contribution in [0, 0.1) is 0 Å². The Labute approximate surface area is 551 Å². The minimum absolute atomic E-state index is 0.231. The van der Waals surface area contributed by atoms with Gasteiger partial charge in [0.15, 0.2) is 12.6 Å². The molecule has 12 atom stereocenters. The number of hydrogen-bond donors (Lipinski definition) is 9. The molecular weight excluding hydrogens is 1130 g/mol. The van der Waals surface area contributed by atoms with Crippen LogP contribution in [0.1, 0.15) is 361 Å². The minimum Gasteiger partial charge on any atom is -0.394 e. The lowest BCUT2D eigenvalue weighted by Crippen LogP contribution is -2.65. The molecule has 0 bridgehead atoms. The van der Waals surface area contributed by atoms with Gasteiger partial charge >= 0.3 is 0 Å². The molecule has 0 radical (unpaired) electrons. The number of amides is 1. The molecule has 0 spiro atoms. The maximum Gasteiger partial charge on any atom is 0.220 e. The van der Waals surface area contributed by atoms with Gasteiger partial charge in [0.1, 0.15) is 48.8 Å². The lowest BCUT2D eigenvalue weighted by atomic mass is 9.97. The Bertz CT molecular complexity index is 1600. The zero-order valence-corrected chi connectivity index (χ0v) is 58.2. The second-order valence-corrected chi connectivity index (χ2v) is 27.5. The lowest BCUT2D eigenvalue weighted by molar-refractivity contribution is -0.359. The van der Waals surface area contributed by atoms with Crippen molar-refractivity contribution in [3.05, 3.63) is 24.3 Å². The first-order chi connectivity index (χ1) is 44.1. The van der Waals surface area contributed by atoms with E-state index in [1.54, 1.807) is 6.08 Å². The van der Waals surface area contributed by atoms with Gasteiger partial charge in [0.05, 0.1) is 32.0 Å². The summed E-state index contributed by atoms with van der Waals surface area (Å²) >= 11 is 0. The second-order valence-electron chi connectivity index (χ2n) is 27.5. The van der Waals surface area contributed by atoms with Crippen molar-refractivity contribution in [3.8, 4) is 0 Å². The SMILES string of the molecule is CCCCCCCCCC/C=C\CCCCCCCCCCCCCCCCCCCCCCCC(=O)NC(COC1OC(CO)C(OC2OC(CO)C(O)C(O)C2O)C(O)C1O)C(O)/C=C/CCCCCCCCCCCCCCCCCCCCCCC. The van der Waals surface area contributed by atoms with Crippen molar-refractivity contribution in [2.45, 2.75) is 434 Å². The molecule has 90 heavy (non-hydrogen) atoms. The van der Waals surface area contributed by atoms with E-state index in [9.17, 15) is 45.6 Å². The number of allylic oxidation sites excluding steroid dienone is 3. The number of unbranched alkanes of at least 4 members (excludes halogenated alkanes) is 50. The van der Waals surface area contributed by atoms with Gasteiger partial charge in [0.25, 0.3) is 0 Å². The second kappa shape index (κ2) is 61.1. The first-order valence-electron chi connectivity index (χ1n) is 38.6. The average molecular weight is 1280 g/mol. The van der Waals surface area contributed by atoms with Crippen molar-refractivity contribution in [2.75, 3.05) is 19.8 Å². The van der Waals surface area contributed by atoms with E-state index in [0.717, 1.165) is 38.5 Å². The van der Waals surface area contributed by atoms with E-state index in [1.807, 2.05) is 6.08 Å². The molecule has 0 aromatic heterocycles. The smallest absolute Gasteiger partial charge is 0.220 e.